The summed E-state index contributed by atoms with van der Waals surface area (Å²) in [7, 11) is 1.36. The lowest BCUT2D eigenvalue weighted by Gasteiger charge is -2.18. The molecule has 25 heavy (non-hydrogen) atoms. The van der Waals surface area contributed by atoms with Gasteiger partial charge in [-0.3, -0.25) is 9.79 Å². The SMILES string of the molecule is CCNC(=NCC(C)C(=O)OC)NCC(C)Oc1ccc(F)cc1.I. The molecular weight excluding hydrogens is 440 g/mol. The number of nitrogens with zero attached hydrogens (tertiary/aromatic N) is 1. The van der Waals surface area contributed by atoms with Crippen LogP contribution >= 0.6 is 24.0 Å². The molecule has 0 saturated heterocycles. The number of hydrogen-bond acceptors (Lipinski definition) is 4. The summed E-state index contributed by atoms with van der Waals surface area (Å²) in [5.41, 5.74) is 0. The van der Waals surface area contributed by atoms with Crippen molar-refractivity contribution in [2.45, 2.75) is 26.9 Å². The van der Waals surface area contributed by atoms with E-state index in [-0.39, 0.29) is 47.8 Å². The van der Waals surface area contributed by atoms with Crippen molar-refractivity contribution in [3.8, 4) is 5.75 Å². The normalized spacial score (nSPS) is 13.2. The number of hydrogen-bond donors (Lipinski definition) is 2. The fraction of sp³-hybridized carbons (Fsp3) is 0.529. The standard InChI is InChI=1S/C17H26FN3O3.HI/c1-5-19-17(20-10-12(2)16(22)23-4)21-11-13(3)24-15-8-6-14(18)7-9-15;/h6-9,12-13H,5,10-11H2,1-4H3,(H2,19,20,21);1H. The second-order valence-electron chi connectivity index (χ2n) is 5.41. The van der Waals surface area contributed by atoms with Crippen molar-refractivity contribution >= 4 is 35.9 Å². The van der Waals surface area contributed by atoms with Crippen LogP contribution in [0.4, 0.5) is 4.39 Å². The summed E-state index contributed by atoms with van der Waals surface area (Å²) in [6, 6.07) is 5.89. The quantitative estimate of drug-likeness (QED) is 0.266. The summed E-state index contributed by atoms with van der Waals surface area (Å²) >= 11 is 0. The number of methoxy groups -OCH3 is 1. The third-order valence-electron chi connectivity index (χ3n) is 3.18. The van der Waals surface area contributed by atoms with Gasteiger partial charge in [-0.1, -0.05) is 6.92 Å². The summed E-state index contributed by atoms with van der Waals surface area (Å²) in [6.45, 7) is 7.16. The van der Waals surface area contributed by atoms with Gasteiger partial charge in [-0.2, -0.15) is 0 Å². The second-order valence-corrected chi connectivity index (χ2v) is 5.41. The Labute approximate surface area is 165 Å². The first-order valence-corrected chi connectivity index (χ1v) is 7.98. The van der Waals surface area contributed by atoms with E-state index in [2.05, 4.69) is 20.4 Å². The van der Waals surface area contributed by atoms with Gasteiger partial charge in [0.15, 0.2) is 5.96 Å². The van der Waals surface area contributed by atoms with Crippen LogP contribution in [-0.4, -0.2) is 44.8 Å². The van der Waals surface area contributed by atoms with Crippen molar-refractivity contribution in [3.05, 3.63) is 30.1 Å². The van der Waals surface area contributed by atoms with Crippen LogP contribution in [0.2, 0.25) is 0 Å². The molecule has 2 N–H and O–H groups in total. The predicted octanol–water partition coefficient (Wildman–Crippen LogP) is 2.58. The fourth-order valence-corrected chi connectivity index (χ4v) is 1.87. The van der Waals surface area contributed by atoms with Crippen LogP contribution in [0.3, 0.4) is 0 Å². The molecule has 0 bridgehead atoms. The molecule has 0 fully saturated rings. The van der Waals surface area contributed by atoms with E-state index in [0.717, 1.165) is 0 Å². The lowest BCUT2D eigenvalue weighted by Crippen LogP contribution is -2.42. The van der Waals surface area contributed by atoms with E-state index in [1.54, 1.807) is 19.1 Å². The maximum atomic E-state index is 12.9. The monoisotopic (exact) mass is 467 g/mol. The van der Waals surface area contributed by atoms with Crippen LogP contribution in [-0.2, 0) is 9.53 Å². The van der Waals surface area contributed by atoms with Gasteiger partial charge in [0, 0.05) is 6.54 Å². The number of ether oxygens (including phenoxy) is 2. The highest BCUT2D eigenvalue weighted by Gasteiger charge is 2.13. The molecule has 0 aliphatic rings. The van der Waals surface area contributed by atoms with Gasteiger partial charge in [0.25, 0.3) is 0 Å². The molecule has 0 aromatic heterocycles. The van der Waals surface area contributed by atoms with Crippen molar-refractivity contribution in [2.24, 2.45) is 10.9 Å². The molecule has 1 rings (SSSR count). The highest BCUT2D eigenvalue weighted by molar-refractivity contribution is 14.0. The zero-order valence-corrected chi connectivity index (χ0v) is 17.4. The third kappa shape index (κ3) is 9.47. The molecule has 2 unspecified atom stereocenters. The highest BCUT2D eigenvalue weighted by atomic mass is 127. The molecule has 0 radical (unpaired) electrons. The average Bonchev–Trinajstić information content (AvgIpc) is 2.58. The van der Waals surface area contributed by atoms with Gasteiger partial charge in [0.05, 0.1) is 26.1 Å². The lowest BCUT2D eigenvalue weighted by atomic mass is 10.2. The van der Waals surface area contributed by atoms with E-state index in [4.69, 9.17) is 4.74 Å². The third-order valence-corrected chi connectivity index (χ3v) is 3.18. The predicted molar refractivity (Wildman–Crippen MR) is 107 cm³/mol. The first-order valence-electron chi connectivity index (χ1n) is 7.98. The van der Waals surface area contributed by atoms with Gasteiger partial charge in [-0.15, -0.1) is 24.0 Å². The van der Waals surface area contributed by atoms with E-state index in [0.29, 0.717) is 31.3 Å². The molecule has 0 heterocycles. The molecule has 0 aliphatic carbocycles. The Morgan fingerprint density at radius 3 is 2.44 bits per heavy atom. The molecular formula is C17H27FIN3O3. The van der Waals surface area contributed by atoms with Crippen molar-refractivity contribution in [3.63, 3.8) is 0 Å². The van der Waals surface area contributed by atoms with Gasteiger partial charge in [-0.25, -0.2) is 4.39 Å². The fourth-order valence-electron chi connectivity index (χ4n) is 1.87. The van der Waals surface area contributed by atoms with Crippen LogP contribution in [0.15, 0.2) is 29.3 Å². The zero-order valence-electron chi connectivity index (χ0n) is 15.0. The van der Waals surface area contributed by atoms with Crippen molar-refractivity contribution < 1.29 is 18.7 Å². The number of benzene rings is 1. The van der Waals surface area contributed by atoms with Gasteiger partial charge in [0.2, 0.25) is 0 Å². The number of halogens is 2. The number of esters is 1. The average molecular weight is 467 g/mol. The minimum absolute atomic E-state index is 0. The molecule has 6 nitrogen and oxygen atoms in total. The Kier molecular flexibility index (Phi) is 11.9. The topological polar surface area (TPSA) is 72.0 Å². The summed E-state index contributed by atoms with van der Waals surface area (Å²) in [6.07, 6.45) is -0.141. The summed E-state index contributed by atoms with van der Waals surface area (Å²) < 4.78 is 23.2. The smallest absolute Gasteiger partial charge is 0.310 e. The Morgan fingerprint density at radius 1 is 1.24 bits per heavy atom. The molecule has 0 aliphatic heterocycles. The molecule has 0 amide bonds. The minimum atomic E-state index is -0.307. The molecule has 0 spiro atoms. The van der Waals surface area contributed by atoms with Crippen molar-refractivity contribution in [1.82, 2.24) is 10.6 Å². The van der Waals surface area contributed by atoms with Gasteiger partial charge in [-0.05, 0) is 38.1 Å². The highest BCUT2D eigenvalue weighted by Crippen LogP contribution is 2.12. The first kappa shape index (κ1) is 23.4. The molecule has 1 aromatic carbocycles. The van der Waals surface area contributed by atoms with Crippen LogP contribution in [0.25, 0.3) is 0 Å². The van der Waals surface area contributed by atoms with E-state index in [9.17, 15) is 9.18 Å². The maximum absolute atomic E-state index is 12.9. The number of carbonyl (C=O) groups excluding carboxylic acids is 1. The zero-order chi connectivity index (χ0) is 17.9. The van der Waals surface area contributed by atoms with Crippen molar-refractivity contribution in [2.75, 3.05) is 26.7 Å². The van der Waals surface area contributed by atoms with Gasteiger partial charge < -0.3 is 20.1 Å². The Hall–Kier alpha value is -1.58. The minimum Gasteiger partial charge on any atom is -0.489 e. The maximum Gasteiger partial charge on any atom is 0.310 e. The first-order chi connectivity index (χ1) is 11.5. The number of nitrogens with one attached hydrogen (secondary N) is 2. The largest absolute Gasteiger partial charge is 0.489 e. The Balaban J connectivity index is 0.00000576. The Morgan fingerprint density at radius 2 is 1.88 bits per heavy atom. The molecule has 2 atom stereocenters. The van der Waals surface area contributed by atoms with E-state index in [1.165, 1.54) is 19.2 Å². The van der Waals surface area contributed by atoms with Crippen LogP contribution < -0.4 is 15.4 Å². The number of carbonyl (C=O) groups is 1. The number of rotatable bonds is 8. The molecule has 1 aromatic rings. The van der Waals surface area contributed by atoms with Crippen molar-refractivity contribution in [1.29, 1.82) is 0 Å². The second kappa shape index (κ2) is 12.7. The summed E-state index contributed by atoms with van der Waals surface area (Å²) in [5.74, 6) is 0.310. The van der Waals surface area contributed by atoms with Crippen LogP contribution in [0.1, 0.15) is 20.8 Å². The summed E-state index contributed by atoms with van der Waals surface area (Å²) in [4.78, 5) is 15.8. The van der Waals surface area contributed by atoms with Gasteiger partial charge in [0.1, 0.15) is 17.7 Å². The number of aliphatic imine (C=N–C) groups is 1. The van der Waals surface area contributed by atoms with Crippen LogP contribution in [0.5, 0.6) is 5.75 Å². The molecule has 0 saturated carbocycles. The van der Waals surface area contributed by atoms with Crippen LogP contribution in [0, 0.1) is 11.7 Å². The van der Waals surface area contributed by atoms with E-state index in [1.807, 2.05) is 13.8 Å². The number of guanidine groups is 1. The Bertz CT molecular complexity index is 540. The molecule has 8 heteroatoms. The lowest BCUT2D eigenvalue weighted by molar-refractivity contribution is -0.144. The summed E-state index contributed by atoms with van der Waals surface area (Å²) in [5, 5.41) is 6.26. The van der Waals surface area contributed by atoms with E-state index < -0.39 is 0 Å². The van der Waals surface area contributed by atoms with E-state index >= 15 is 0 Å². The van der Waals surface area contributed by atoms with Gasteiger partial charge >= 0.3 is 5.97 Å². The molecule has 142 valence electrons.